The van der Waals surface area contributed by atoms with E-state index >= 15 is 0 Å². The summed E-state index contributed by atoms with van der Waals surface area (Å²) in [4.78, 5) is 11.9. The van der Waals surface area contributed by atoms with Gasteiger partial charge < -0.3 is 11.1 Å². The average Bonchev–Trinajstić information content (AvgIpc) is 3.00. The summed E-state index contributed by atoms with van der Waals surface area (Å²) in [5.74, 6) is 0.497. The fourth-order valence-corrected chi connectivity index (χ4v) is 2.01. The first-order valence-electron chi connectivity index (χ1n) is 7.02. The van der Waals surface area contributed by atoms with Gasteiger partial charge in [0.1, 0.15) is 6.33 Å². The first-order valence-corrected chi connectivity index (χ1v) is 7.02. The summed E-state index contributed by atoms with van der Waals surface area (Å²) in [6.07, 6.45) is 3.84. The van der Waals surface area contributed by atoms with Crippen molar-refractivity contribution in [3.63, 3.8) is 0 Å². The number of benzene rings is 1. The van der Waals surface area contributed by atoms with Gasteiger partial charge in [-0.05, 0) is 60.0 Å². The molecule has 0 spiro atoms. The fraction of sp³-hybridized carbons (Fsp3) is 0.429. The number of hydrogen-bond donors (Lipinski definition) is 2. The molecular weight excluding hydrogens is 268 g/mol. The van der Waals surface area contributed by atoms with Crippen LogP contribution in [0.1, 0.15) is 26.2 Å². The van der Waals surface area contributed by atoms with Gasteiger partial charge in [-0.2, -0.15) is 0 Å². The smallest absolute Gasteiger partial charge is 0.224 e. The summed E-state index contributed by atoms with van der Waals surface area (Å²) in [7, 11) is 0. The second kappa shape index (κ2) is 7.49. The highest BCUT2D eigenvalue weighted by atomic mass is 16.1. The third-order valence-corrected chi connectivity index (χ3v) is 3.29. The Kier molecular flexibility index (Phi) is 5.39. The summed E-state index contributed by atoms with van der Waals surface area (Å²) in [6.45, 7) is 2.78. The van der Waals surface area contributed by atoms with Crippen LogP contribution in [0.3, 0.4) is 0 Å². The number of nitrogens with one attached hydrogen (secondary N) is 1. The van der Waals surface area contributed by atoms with E-state index in [1.165, 1.54) is 6.33 Å². The van der Waals surface area contributed by atoms with Crippen molar-refractivity contribution in [2.24, 2.45) is 11.7 Å². The molecule has 0 fully saturated rings. The predicted octanol–water partition coefficient (Wildman–Crippen LogP) is 1.37. The molecule has 21 heavy (non-hydrogen) atoms. The molecule has 112 valence electrons. The second-order valence-electron chi connectivity index (χ2n) is 5.07. The van der Waals surface area contributed by atoms with Crippen LogP contribution in [0, 0.1) is 5.92 Å². The van der Waals surface area contributed by atoms with Crippen molar-refractivity contribution in [3.05, 3.63) is 30.6 Å². The molecule has 7 nitrogen and oxygen atoms in total. The average molecular weight is 288 g/mol. The first kappa shape index (κ1) is 15.1. The minimum Gasteiger partial charge on any atom is -0.330 e. The molecule has 1 heterocycles. The third kappa shape index (κ3) is 4.64. The Morgan fingerprint density at radius 3 is 2.71 bits per heavy atom. The van der Waals surface area contributed by atoms with E-state index in [4.69, 9.17) is 5.73 Å². The van der Waals surface area contributed by atoms with Crippen LogP contribution in [0.25, 0.3) is 5.69 Å². The van der Waals surface area contributed by atoms with Gasteiger partial charge in [-0.15, -0.1) is 5.10 Å². The van der Waals surface area contributed by atoms with Gasteiger partial charge in [-0.25, -0.2) is 4.68 Å². The van der Waals surface area contributed by atoms with Crippen molar-refractivity contribution in [3.8, 4) is 5.69 Å². The molecule has 0 bridgehead atoms. The number of hydrogen-bond acceptors (Lipinski definition) is 5. The maximum absolute atomic E-state index is 11.9. The van der Waals surface area contributed by atoms with Crippen molar-refractivity contribution in [2.45, 2.75) is 26.2 Å². The Labute approximate surface area is 123 Å². The zero-order chi connectivity index (χ0) is 15.1. The minimum atomic E-state index is 0.0223. The highest BCUT2D eigenvalue weighted by Crippen LogP contribution is 2.14. The maximum Gasteiger partial charge on any atom is 0.224 e. The molecule has 1 amide bonds. The van der Waals surface area contributed by atoms with Gasteiger partial charge in [0.25, 0.3) is 0 Å². The third-order valence-electron chi connectivity index (χ3n) is 3.29. The number of anilines is 1. The van der Waals surface area contributed by atoms with Crippen molar-refractivity contribution in [1.29, 1.82) is 0 Å². The predicted molar refractivity (Wildman–Crippen MR) is 79.9 cm³/mol. The van der Waals surface area contributed by atoms with E-state index in [-0.39, 0.29) is 5.91 Å². The van der Waals surface area contributed by atoms with E-state index in [0.29, 0.717) is 18.9 Å². The summed E-state index contributed by atoms with van der Waals surface area (Å²) < 4.78 is 1.56. The van der Waals surface area contributed by atoms with E-state index in [2.05, 4.69) is 27.8 Å². The first-order chi connectivity index (χ1) is 10.2. The van der Waals surface area contributed by atoms with Crippen LogP contribution in [0.15, 0.2) is 30.6 Å². The molecule has 0 aliphatic rings. The number of nitrogens with zero attached hydrogens (tertiary/aromatic N) is 4. The van der Waals surface area contributed by atoms with Gasteiger partial charge in [0, 0.05) is 12.1 Å². The molecule has 0 aliphatic carbocycles. The van der Waals surface area contributed by atoms with Gasteiger partial charge in [0.15, 0.2) is 0 Å². The lowest BCUT2D eigenvalue weighted by Crippen LogP contribution is -2.14. The lowest BCUT2D eigenvalue weighted by Gasteiger charge is -2.10. The lowest BCUT2D eigenvalue weighted by molar-refractivity contribution is -0.116. The molecule has 0 aliphatic heterocycles. The molecule has 0 radical (unpaired) electrons. The summed E-state index contributed by atoms with van der Waals surface area (Å²) in [6, 6.07) is 7.36. The molecule has 0 saturated heterocycles. The van der Waals surface area contributed by atoms with Gasteiger partial charge in [0.05, 0.1) is 5.69 Å². The quantitative estimate of drug-likeness (QED) is 0.801. The number of nitrogens with two attached hydrogens (primary N) is 1. The molecule has 2 aromatic rings. The summed E-state index contributed by atoms with van der Waals surface area (Å²) >= 11 is 0. The van der Waals surface area contributed by atoms with Crippen molar-refractivity contribution in [2.75, 3.05) is 11.9 Å². The van der Waals surface area contributed by atoms with Gasteiger partial charge in [-0.1, -0.05) is 6.92 Å². The molecule has 2 rings (SSSR count). The Bertz CT molecular complexity index is 551. The lowest BCUT2D eigenvalue weighted by atomic mass is 10.0. The number of amides is 1. The Morgan fingerprint density at radius 1 is 1.33 bits per heavy atom. The monoisotopic (exact) mass is 288 g/mol. The van der Waals surface area contributed by atoms with Crippen LogP contribution < -0.4 is 11.1 Å². The van der Waals surface area contributed by atoms with E-state index in [1.54, 1.807) is 4.68 Å². The van der Waals surface area contributed by atoms with Crippen LogP contribution >= 0.6 is 0 Å². The van der Waals surface area contributed by atoms with Crippen molar-refractivity contribution in [1.82, 2.24) is 20.2 Å². The maximum atomic E-state index is 11.9. The topological polar surface area (TPSA) is 98.7 Å². The van der Waals surface area contributed by atoms with Crippen LogP contribution in [0.5, 0.6) is 0 Å². The molecule has 1 aromatic carbocycles. The van der Waals surface area contributed by atoms with Gasteiger partial charge in [0.2, 0.25) is 5.91 Å². The molecule has 7 heteroatoms. The summed E-state index contributed by atoms with van der Waals surface area (Å²) in [5.41, 5.74) is 7.11. The Balaban J connectivity index is 1.84. The number of tetrazole rings is 1. The number of carbonyl (C=O) groups excluding carboxylic acids is 1. The second-order valence-corrected chi connectivity index (χ2v) is 5.07. The molecule has 0 saturated carbocycles. The number of carbonyl (C=O) groups is 1. The minimum absolute atomic E-state index is 0.0223. The largest absolute Gasteiger partial charge is 0.330 e. The molecule has 1 unspecified atom stereocenters. The molecule has 1 atom stereocenters. The van der Waals surface area contributed by atoms with Gasteiger partial charge >= 0.3 is 0 Å². The molecule has 3 N–H and O–H groups in total. The standard InChI is InChI=1S/C14H20N6O/c1-11(8-9-15)2-7-14(21)17-12-3-5-13(6-4-12)20-10-16-18-19-20/h3-6,10-11H,2,7-9,15H2,1H3,(H,17,21). The highest BCUT2D eigenvalue weighted by molar-refractivity contribution is 5.90. The zero-order valence-corrected chi connectivity index (χ0v) is 12.1. The molecule has 1 aromatic heterocycles. The molecular formula is C14H20N6O. The SMILES string of the molecule is CC(CCN)CCC(=O)Nc1ccc(-n2cnnn2)cc1. The van der Waals surface area contributed by atoms with E-state index in [0.717, 1.165) is 24.2 Å². The summed E-state index contributed by atoms with van der Waals surface area (Å²) in [5, 5.41) is 13.8. The van der Waals surface area contributed by atoms with Crippen molar-refractivity contribution >= 4 is 11.6 Å². The Hall–Kier alpha value is -2.28. The van der Waals surface area contributed by atoms with E-state index in [9.17, 15) is 4.79 Å². The van der Waals surface area contributed by atoms with Crippen LogP contribution in [-0.2, 0) is 4.79 Å². The number of rotatable bonds is 7. The fourth-order valence-electron chi connectivity index (χ4n) is 2.01. The zero-order valence-electron chi connectivity index (χ0n) is 12.1. The van der Waals surface area contributed by atoms with Crippen LogP contribution in [0.2, 0.25) is 0 Å². The van der Waals surface area contributed by atoms with E-state index < -0.39 is 0 Å². The van der Waals surface area contributed by atoms with Crippen molar-refractivity contribution < 1.29 is 4.79 Å². The van der Waals surface area contributed by atoms with Gasteiger partial charge in [-0.3, -0.25) is 4.79 Å². The Morgan fingerprint density at radius 2 is 2.10 bits per heavy atom. The normalized spacial score (nSPS) is 12.1. The van der Waals surface area contributed by atoms with E-state index in [1.807, 2.05) is 24.3 Å². The van der Waals surface area contributed by atoms with Crippen LogP contribution in [0.4, 0.5) is 5.69 Å². The van der Waals surface area contributed by atoms with Crippen LogP contribution in [-0.4, -0.2) is 32.7 Å². The highest BCUT2D eigenvalue weighted by Gasteiger charge is 2.07. The number of aromatic nitrogens is 4.